The van der Waals surface area contributed by atoms with Gasteiger partial charge in [-0.3, -0.25) is 9.59 Å². The molecular formula is C16H21NO3. The molecule has 1 unspecified atom stereocenters. The van der Waals surface area contributed by atoms with Crippen LogP contribution in [-0.4, -0.2) is 18.3 Å². The minimum Gasteiger partial charge on any atom is -0.493 e. The van der Waals surface area contributed by atoms with Crippen molar-refractivity contribution in [2.75, 3.05) is 6.61 Å². The van der Waals surface area contributed by atoms with Gasteiger partial charge in [-0.05, 0) is 36.5 Å². The van der Waals surface area contributed by atoms with Crippen LogP contribution in [-0.2, 0) is 9.59 Å². The first kappa shape index (κ1) is 14.6. The average Bonchev–Trinajstić information content (AvgIpc) is 2.60. The van der Waals surface area contributed by atoms with Crippen LogP contribution in [0.25, 0.3) is 0 Å². The Morgan fingerprint density at radius 2 is 2.10 bits per heavy atom. The normalized spacial score (nSPS) is 17.9. The second-order valence-corrected chi connectivity index (χ2v) is 5.52. The van der Waals surface area contributed by atoms with Crippen molar-refractivity contribution in [3.8, 4) is 5.75 Å². The highest BCUT2D eigenvalue weighted by molar-refractivity contribution is 6.35. The summed E-state index contributed by atoms with van der Waals surface area (Å²) in [7, 11) is 0. The second kappa shape index (κ2) is 6.07. The molecule has 0 aromatic heterocycles. The first-order chi connectivity index (χ1) is 9.49. The zero-order valence-electron chi connectivity index (χ0n) is 12.2. The number of Topliss-reactive ketones (excluding diaryl/α,β-unsaturated/α-hetero) is 1. The van der Waals surface area contributed by atoms with Crippen LogP contribution in [0.15, 0.2) is 18.2 Å². The third-order valence-corrected chi connectivity index (χ3v) is 3.60. The van der Waals surface area contributed by atoms with Crippen LogP contribution in [0.1, 0.15) is 56.7 Å². The molecule has 1 heterocycles. The predicted octanol–water partition coefficient (Wildman–Crippen LogP) is 2.73. The van der Waals surface area contributed by atoms with E-state index in [-0.39, 0.29) is 6.04 Å². The lowest BCUT2D eigenvalue weighted by Crippen LogP contribution is -2.32. The molecule has 2 rings (SSSR count). The zero-order valence-corrected chi connectivity index (χ0v) is 12.2. The summed E-state index contributed by atoms with van der Waals surface area (Å²) in [6.45, 7) is 6.18. The van der Waals surface area contributed by atoms with Gasteiger partial charge in [0.1, 0.15) is 5.75 Å². The van der Waals surface area contributed by atoms with E-state index >= 15 is 0 Å². The predicted molar refractivity (Wildman–Crippen MR) is 76.8 cm³/mol. The molecule has 20 heavy (non-hydrogen) atoms. The van der Waals surface area contributed by atoms with Crippen molar-refractivity contribution in [3.63, 3.8) is 0 Å². The highest BCUT2D eigenvalue weighted by atomic mass is 16.5. The molecule has 1 amide bonds. The number of fused-ring (bicyclic) bond motifs is 1. The topological polar surface area (TPSA) is 55.4 Å². The van der Waals surface area contributed by atoms with Crippen molar-refractivity contribution >= 4 is 11.7 Å². The smallest absolute Gasteiger partial charge is 0.287 e. The van der Waals surface area contributed by atoms with Gasteiger partial charge in [0.15, 0.2) is 0 Å². The van der Waals surface area contributed by atoms with Crippen molar-refractivity contribution in [2.24, 2.45) is 0 Å². The molecule has 4 nitrogen and oxygen atoms in total. The van der Waals surface area contributed by atoms with Gasteiger partial charge in [-0.1, -0.05) is 19.9 Å². The number of benzene rings is 1. The molecule has 108 valence electrons. The summed E-state index contributed by atoms with van der Waals surface area (Å²) < 4.78 is 5.72. The number of carbonyl (C=O) groups excluding carboxylic acids is 2. The fraction of sp³-hybridized carbons (Fsp3) is 0.500. The van der Waals surface area contributed by atoms with E-state index in [4.69, 9.17) is 4.74 Å². The number of ketones is 1. The number of ether oxygens (including phenoxy) is 1. The first-order valence-electron chi connectivity index (χ1n) is 7.07. The van der Waals surface area contributed by atoms with Gasteiger partial charge in [-0.2, -0.15) is 0 Å². The lowest BCUT2D eigenvalue weighted by Gasteiger charge is -2.19. The number of nitrogens with one attached hydrogen (secondary N) is 1. The molecule has 0 fully saturated rings. The van der Waals surface area contributed by atoms with Crippen LogP contribution in [0.5, 0.6) is 5.75 Å². The van der Waals surface area contributed by atoms with E-state index in [9.17, 15) is 9.59 Å². The number of carbonyl (C=O) groups is 2. The molecule has 0 radical (unpaired) electrons. The number of amides is 1. The molecule has 0 bridgehead atoms. The third kappa shape index (κ3) is 3.18. The van der Waals surface area contributed by atoms with Crippen molar-refractivity contribution in [3.05, 3.63) is 29.3 Å². The van der Waals surface area contributed by atoms with Crippen LogP contribution in [0.4, 0.5) is 0 Å². The van der Waals surface area contributed by atoms with Crippen molar-refractivity contribution < 1.29 is 14.3 Å². The van der Waals surface area contributed by atoms with E-state index in [0.717, 1.165) is 24.2 Å². The maximum absolute atomic E-state index is 11.7. The van der Waals surface area contributed by atoms with E-state index in [1.807, 2.05) is 6.07 Å². The van der Waals surface area contributed by atoms with Gasteiger partial charge in [-0.25, -0.2) is 0 Å². The van der Waals surface area contributed by atoms with Crippen molar-refractivity contribution in [1.29, 1.82) is 0 Å². The second-order valence-electron chi connectivity index (χ2n) is 5.52. The van der Waals surface area contributed by atoms with Crippen LogP contribution in [0.3, 0.4) is 0 Å². The van der Waals surface area contributed by atoms with E-state index in [1.54, 1.807) is 0 Å². The van der Waals surface area contributed by atoms with Crippen molar-refractivity contribution in [2.45, 2.75) is 45.6 Å². The molecule has 0 saturated carbocycles. The molecule has 1 N–H and O–H groups in total. The molecule has 1 atom stereocenters. The number of hydrogen-bond donors (Lipinski definition) is 1. The van der Waals surface area contributed by atoms with Gasteiger partial charge in [0, 0.05) is 12.5 Å². The Morgan fingerprint density at radius 3 is 2.75 bits per heavy atom. The molecular weight excluding hydrogens is 254 g/mol. The molecule has 1 aliphatic rings. The Labute approximate surface area is 119 Å². The fourth-order valence-electron chi connectivity index (χ4n) is 2.36. The molecule has 0 aliphatic carbocycles. The van der Waals surface area contributed by atoms with Crippen LogP contribution >= 0.6 is 0 Å². The lowest BCUT2D eigenvalue weighted by molar-refractivity contribution is -0.137. The molecule has 4 heteroatoms. The van der Waals surface area contributed by atoms with Gasteiger partial charge >= 0.3 is 0 Å². The van der Waals surface area contributed by atoms with Gasteiger partial charge in [0.05, 0.1) is 12.6 Å². The Morgan fingerprint density at radius 1 is 1.35 bits per heavy atom. The fourth-order valence-corrected chi connectivity index (χ4v) is 2.36. The van der Waals surface area contributed by atoms with Gasteiger partial charge < -0.3 is 10.1 Å². The molecule has 1 aromatic rings. The first-order valence-corrected chi connectivity index (χ1v) is 7.07. The highest BCUT2D eigenvalue weighted by Gasteiger charge is 2.23. The molecule has 0 spiro atoms. The number of hydrogen-bond acceptors (Lipinski definition) is 3. The summed E-state index contributed by atoms with van der Waals surface area (Å²) in [6.07, 6.45) is 1.64. The standard InChI is InChI=1S/C16H21NO3/c1-10(2)12-6-7-15-13(9-12)14(5-4-8-20-15)17-16(19)11(3)18/h6-7,9-10,14H,4-5,8H2,1-3H3,(H,17,19). The summed E-state index contributed by atoms with van der Waals surface area (Å²) in [6, 6.07) is 5.94. The van der Waals surface area contributed by atoms with E-state index in [0.29, 0.717) is 12.5 Å². The van der Waals surface area contributed by atoms with Crippen LogP contribution in [0.2, 0.25) is 0 Å². The zero-order chi connectivity index (χ0) is 14.7. The third-order valence-electron chi connectivity index (χ3n) is 3.60. The maximum atomic E-state index is 11.7. The van der Waals surface area contributed by atoms with Crippen molar-refractivity contribution in [1.82, 2.24) is 5.32 Å². The molecule has 1 aliphatic heterocycles. The minimum atomic E-state index is -0.530. The van der Waals surface area contributed by atoms with E-state index in [2.05, 4.69) is 31.3 Å². The number of rotatable bonds is 3. The largest absolute Gasteiger partial charge is 0.493 e. The summed E-state index contributed by atoms with van der Waals surface area (Å²) in [5, 5.41) is 2.81. The monoisotopic (exact) mass is 275 g/mol. The lowest BCUT2D eigenvalue weighted by atomic mass is 9.95. The average molecular weight is 275 g/mol. The molecule has 0 saturated heterocycles. The van der Waals surface area contributed by atoms with Crippen LogP contribution < -0.4 is 10.1 Å². The van der Waals surface area contributed by atoms with E-state index in [1.165, 1.54) is 12.5 Å². The molecule has 1 aromatic carbocycles. The van der Waals surface area contributed by atoms with Gasteiger partial charge in [0.2, 0.25) is 5.78 Å². The quantitative estimate of drug-likeness (QED) is 0.863. The summed E-state index contributed by atoms with van der Waals surface area (Å²) in [5.41, 5.74) is 2.18. The Hall–Kier alpha value is -1.84. The maximum Gasteiger partial charge on any atom is 0.287 e. The van der Waals surface area contributed by atoms with Gasteiger partial charge in [-0.15, -0.1) is 0 Å². The Bertz CT molecular complexity index is 522. The Kier molecular flexibility index (Phi) is 4.42. The Balaban J connectivity index is 2.33. The van der Waals surface area contributed by atoms with Gasteiger partial charge in [0.25, 0.3) is 5.91 Å². The minimum absolute atomic E-state index is 0.150. The summed E-state index contributed by atoms with van der Waals surface area (Å²) in [5.74, 6) is 0.225. The summed E-state index contributed by atoms with van der Waals surface area (Å²) in [4.78, 5) is 22.8. The summed E-state index contributed by atoms with van der Waals surface area (Å²) >= 11 is 0. The van der Waals surface area contributed by atoms with Crippen LogP contribution in [0, 0.1) is 0 Å². The SMILES string of the molecule is CC(=O)C(=O)NC1CCCOc2ccc(C(C)C)cc21. The highest BCUT2D eigenvalue weighted by Crippen LogP contribution is 2.33. The van der Waals surface area contributed by atoms with E-state index < -0.39 is 11.7 Å².